The van der Waals surface area contributed by atoms with Gasteiger partial charge in [-0.05, 0) is 175 Å². The zero-order chi connectivity index (χ0) is 29.3. The number of nitrogens with zero attached hydrogens (tertiary/aromatic N) is 2. The van der Waals surface area contributed by atoms with E-state index in [1.165, 1.54) is 44.9 Å². The SMILES string of the molecule is CC(C)(CCCN(C(C)(C)C)C(C)(C)C)NCCCCCNC(C)(C)CCCN(C(C)(C)C)C(C)(C)C. The van der Waals surface area contributed by atoms with Crippen LogP contribution < -0.4 is 10.6 Å². The Morgan fingerprint density at radius 3 is 0.892 bits per heavy atom. The molecule has 0 aliphatic heterocycles. The molecule has 224 valence electrons. The van der Waals surface area contributed by atoms with E-state index in [0.29, 0.717) is 0 Å². The monoisotopic (exact) mass is 525 g/mol. The van der Waals surface area contributed by atoms with Crippen LogP contribution in [0.2, 0.25) is 0 Å². The molecule has 0 amide bonds. The average molecular weight is 525 g/mol. The van der Waals surface area contributed by atoms with Gasteiger partial charge in [-0.1, -0.05) is 6.42 Å². The van der Waals surface area contributed by atoms with Gasteiger partial charge in [-0.15, -0.1) is 0 Å². The first kappa shape index (κ1) is 36.8. The molecule has 0 aromatic carbocycles. The molecule has 0 unspecified atom stereocenters. The molecule has 0 bridgehead atoms. The summed E-state index contributed by atoms with van der Waals surface area (Å²) in [6.45, 7) is 42.1. The van der Waals surface area contributed by atoms with Crippen molar-refractivity contribution < 1.29 is 0 Å². The van der Waals surface area contributed by atoms with Gasteiger partial charge in [0.05, 0.1) is 0 Å². The van der Waals surface area contributed by atoms with Crippen molar-refractivity contribution in [3.8, 4) is 0 Å². The van der Waals surface area contributed by atoms with Crippen molar-refractivity contribution in [3.63, 3.8) is 0 Å². The molecule has 0 aromatic rings. The molecule has 0 radical (unpaired) electrons. The maximum Gasteiger partial charge on any atom is 0.0130 e. The second-order valence-corrected chi connectivity index (χ2v) is 16.9. The highest BCUT2D eigenvalue weighted by Gasteiger charge is 2.32. The van der Waals surface area contributed by atoms with Crippen molar-refractivity contribution in [1.82, 2.24) is 20.4 Å². The summed E-state index contributed by atoms with van der Waals surface area (Å²) in [4.78, 5) is 5.30. The van der Waals surface area contributed by atoms with Crippen LogP contribution >= 0.6 is 0 Å². The quantitative estimate of drug-likeness (QED) is 0.199. The summed E-state index contributed by atoms with van der Waals surface area (Å²) < 4.78 is 0. The van der Waals surface area contributed by atoms with Gasteiger partial charge < -0.3 is 10.6 Å². The van der Waals surface area contributed by atoms with Crippen molar-refractivity contribution in [1.29, 1.82) is 0 Å². The fourth-order valence-corrected chi connectivity index (χ4v) is 6.17. The van der Waals surface area contributed by atoms with E-state index in [1.54, 1.807) is 0 Å². The summed E-state index contributed by atoms with van der Waals surface area (Å²) in [5.41, 5.74) is 1.23. The van der Waals surface area contributed by atoms with E-state index in [-0.39, 0.29) is 33.2 Å². The summed E-state index contributed by atoms with van der Waals surface area (Å²) in [7, 11) is 0. The lowest BCUT2D eigenvalue weighted by molar-refractivity contribution is 0.0347. The number of rotatable bonds is 16. The first-order valence-electron chi connectivity index (χ1n) is 15.4. The fourth-order valence-electron chi connectivity index (χ4n) is 6.17. The molecule has 0 fully saturated rings. The van der Waals surface area contributed by atoms with Gasteiger partial charge in [0.15, 0.2) is 0 Å². The highest BCUT2D eigenvalue weighted by Crippen LogP contribution is 2.27. The lowest BCUT2D eigenvalue weighted by atomic mass is 9.93. The maximum atomic E-state index is 3.84. The first-order valence-corrected chi connectivity index (χ1v) is 15.4. The normalized spacial score (nSPS) is 14.8. The van der Waals surface area contributed by atoms with Crippen LogP contribution in [0.4, 0.5) is 0 Å². The Labute approximate surface area is 235 Å². The Morgan fingerprint density at radius 2 is 0.649 bits per heavy atom. The van der Waals surface area contributed by atoms with E-state index in [4.69, 9.17) is 0 Å². The number of nitrogens with one attached hydrogen (secondary N) is 2. The minimum Gasteiger partial charge on any atom is -0.312 e. The van der Waals surface area contributed by atoms with Crippen LogP contribution in [0.1, 0.15) is 156 Å². The van der Waals surface area contributed by atoms with Gasteiger partial charge >= 0.3 is 0 Å². The third-order valence-electron chi connectivity index (χ3n) is 7.67. The number of hydrogen-bond acceptors (Lipinski definition) is 4. The zero-order valence-electron chi connectivity index (χ0n) is 28.7. The Morgan fingerprint density at radius 1 is 0.378 bits per heavy atom. The Kier molecular flexibility index (Phi) is 14.4. The summed E-state index contributed by atoms with van der Waals surface area (Å²) in [6.07, 6.45) is 8.70. The smallest absolute Gasteiger partial charge is 0.0130 e. The standard InChI is InChI=1S/C33H72N4/c1-28(2,3)36(29(4,5)6)26-20-22-32(13,14)34-24-18-17-19-25-35-33(15,16)23-21-27-37(30(7,8)9)31(10,11)12/h34-35H,17-27H2,1-16H3. The number of hydrogen-bond donors (Lipinski definition) is 2. The van der Waals surface area contributed by atoms with E-state index in [9.17, 15) is 0 Å². The molecule has 0 aromatic heterocycles. The van der Waals surface area contributed by atoms with E-state index < -0.39 is 0 Å². The molecule has 37 heavy (non-hydrogen) atoms. The van der Waals surface area contributed by atoms with Crippen molar-refractivity contribution >= 4 is 0 Å². The van der Waals surface area contributed by atoms with Gasteiger partial charge in [-0.3, -0.25) is 9.80 Å². The summed E-state index contributed by atoms with van der Waals surface area (Å²) in [5.74, 6) is 0. The fraction of sp³-hybridized carbons (Fsp3) is 1.00. The van der Waals surface area contributed by atoms with E-state index >= 15 is 0 Å². The predicted molar refractivity (Wildman–Crippen MR) is 169 cm³/mol. The molecule has 0 atom stereocenters. The molecule has 0 rings (SSSR count). The molecule has 2 N–H and O–H groups in total. The molecule has 4 heteroatoms. The summed E-state index contributed by atoms with van der Waals surface area (Å²) >= 11 is 0. The van der Waals surface area contributed by atoms with E-state index in [0.717, 1.165) is 26.2 Å². The molecule has 0 aliphatic rings. The molecule has 0 saturated carbocycles. The van der Waals surface area contributed by atoms with Crippen LogP contribution in [0.25, 0.3) is 0 Å². The predicted octanol–water partition coefficient (Wildman–Crippen LogP) is 8.25. The highest BCUT2D eigenvalue weighted by molar-refractivity contribution is 4.89. The van der Waals surface area contributed by atoms with Crippen molar-refractivity contribution in [2.45, 2.75) is 189 Å². The number of unbranched alkanes of at least 4 members (excludes halogenated alkanes) is 2. The first-order chi connectivity index (χ1) is 16.4. The lowest BCUT2D eigenvalue weighted by Crippen LogP contribution is -2.53. The van der Waals surface area contributed by atoms with Crippen LogP contribution in [0.3, 0.4) is 0 Å². The van der Waals surface area contributed by atoms with Crippen LogP contribution in [-0.2, 0) is 0 Å². The van der Waals surface area contributed by atoms with Crippen molar-refractivity contribution in [2.75, 3.05) is 26.2 Å². The van der Waals surface area contributed by atoms with E-state index in [2.05, 4.69) is 131 Å². The Balaban J connectivity index is 4.21. The highest BCUT2D eigenvalue weighted by atomic mass is 15.2. The van der Waals surface area contributed by atoms with Crippen LogP contribution in [0.5, 0.6) is 0 Å². The third kappa shape index (κ3) is 16.5. The van der Waals surface area contributed by atoms with Crippen molar-refractivity contribution in [2.24, 2.45) is 0 Å². The van der Waals surface area contributed by atoms with Gasteiger partial charge in [0, 0.05) is 33.2 Å². The third-order valence-corrected chi connectivity index (χ3v) is 7.67. The molecular formula is C33H72N4. The van der Waals surface area contributed by atoms with Gasteiger partial charge in [0.1, 0.15) is 0 Å². The second kappa shape index (κ2) is 14.5. The van der Waals surface area contributed by atoms with Gasteiger partial charge in [-0.25, -0.2) is 0 Å². The lowest BCUT2D eigenvalue weighted by Gasteiger charge is -2.46. The largest absolute Gasteiger partial charge is 0.312 e. The molecular weight excluding hydrogens is 452 g/mol. The average Bonchev–Trinajstić information content (AvgIpc) is 2.63. The Hall–Kier alpha value is -0.160. The maximum absolute atomic E-state index is 3.84. The van der Waals surface area contributed by atoms with E-state index in [1.807, 2.05) is 0 Å². The zero-order valence-corrected chi connectivity index (χ0v) is 28.7. The van der Waals surface area contributed by atoms with Gasteiger partial charge in [0.2, 0.25) is 0 Å². The summed E-state index contributed by atoms with van der Waals surface area (Å²) in [6, 6.07) is 0. The topological polar surface area (TPSA) is 30.5 Å². The molecule has 0 aliphatic carbocycles. The minimum atomic E-state index is 0.204. The second-order valence-electron chi connectivity index (χ2n) is 16.9. The molecule has 0 spiro atoms. The summed E-state index contributed by atoms with van der Waals surface area (Å²) in [5, 5.41) is 7.67. The minimum absolute atomic E-state index is 0.204. The van der Waals surface area contributed by atoms with Gasteiger partial charge in [-0.2, -0.15) is 0 Å². The van der Waals surface area contributed by atoms with Crippen molar-refractivity contribution in [3.05, 3.63) is 0 Å². The molecule has 0 heterocycles. The van der Waals surface area contributed by atoms with Crippen LogP contribution in [0, 0.1) is 0 Å². The molecule has 4 nitrogen and oxygen atoms in total. The molecule has 0 saturated heterocycles. The Bertz CT molecular complexity index is 526. The van der Waals surface area contributed by atoms with Crippen LogP contribution in [-0.4, -0.2) is 69.2 Å². The van der Waals surface area contributed by atoms with Crippen LogP contribution in [0.15, 0.2) is 0 Å². The van der Waals surface area contributed by atoms with Gasteiger partial charge in [0.25, 0.3) is 0 Å².